The fourth-order valence-electron chi connectivity index (χ4n) is 6.93. The molecule has 56 heavy (non-hydrogen) atoms. The Bertz CT molecular complexity index is 2050. The first-order valence-electron chi connectivity index (χ1n) is 17.7. The second kappa shape index (κ2) is 16.5. The van der Waals surface area contributed by atoms with Gasteiger partial charge < -0.3 is 0 Å². The molecule has 2 amide bonds. The van der Waals surface area contributed by atoms with Gasteiger partial charge in [-0.1, -0.05) is 0 Å². The zero-order valence-corrected chi connectivity index (χ0v) is 33.2. The molecule has 0 heterocycles. The van der Waals surface area contributed by atoms with Crippen LogP contribution in [-0.2, 0) is 29.7 Å². The first kappa shape index (κ1) is 42.6. The molecule has 0 saturated carbocycles. The third-order valence-electron chi connectivity index (χ3n) is 9.64. The Morgan fingerprint density at radius 3 is 1.55 bits per heavy atom. The van der Waals surface area contributed by atoms with Crippen LogP contribution >= 0.6 is 20.8 Å². The van der Waals surface area contributed by atoms with Crippen LogP contribution in [0, 0.1) is 11.2 Å². The molecular weight excluding hydrogens is 820 g/mol. The molecule has 2 atom stereocenters. The predicted octanol–water partition coefficient (Wildman–Crippen LogP) is 10.4. The first-order valence-corrected chi connectivity index (χ1v) is 22.3. The summed E-state index contributed by atoms with van der Waals surface area (Å²) in [5.74, 6) is -1.72. The van der Waals surface area contributed by atoms with Gasteiger partial charge in [0.1, 0.15) is 0 Å². The standard InChI is InChI=1S/C43H41BrF7N2O2P/c1-41(2,3)38(53-39(54)31-19-21-34(45)22-20-31)40(55)52-35(25-29-13-7-4-8-14-29)28-56(44,36-15-9-5-10-16-36,37-17-11-6-12-18-37)27-30-23-32(42(46,47)48)26-33(24-30)43(49,50)51/h4-24,26,35,38H,25,27-28H2,1-3H3,(H,52,55)(H,53,54)/t35-,38+/m0/s1. The van der Waals surface area contributed by atoms with Gasteiger partial charge in [-0.3, -0.25) is 0 Å². The third kappa shape index (κ3) is 10.1. The van der Waals surface area contributed by atoms with Gasteiger partial charge in [0.25, 0.3) is 0 Å². The number of alkyl halides is 6. The van der Waals surface area contributed by atoms with Crippen molar-refractivity contribution in [3.8, 4) is 0 Å². The number of rotatable bonds is 12. The predicted molar refractivity (Wildman–Crippen MR) is 212 cm³/mol. The van der Waals surface area contributed by atoms with Gasteiger partial charge in [-0.2, -0.15) is 0 Å². The Morgan fingerprint density at radius 1 is 0.643 bits per heavy atom. The van der Waals surface area contributed by atoms with Crippen molar-refractivity contribution in [2.24, 2.45) is 5.41 Å². The summed E-state index contributed by atoms with van der Waals surface area (Å²) in [5, 5.41) is 3.01. The number of nitrogens with one attached hydrogen (secondary N) is 2. The number of halogens is 8. The summed E-state index contributed by atoms with van der Waals surface area (Å²) in [6.45, 7) is 5.29. The fourth-order valence-corrected chi connectivity index (χ4v) is 15.3. The van der Waals surface area contributed by atoms with Gasteiger partial charge in [0.05, 0.1) is 0 Å². The summed E-state index contributed by atoms with van der Waals surface area (Å²) in [4.78, 5) is 27.9. The van der Waals surface area contributed by atoms with E-state index in [0.29, 0.717) is 10.6 Å². The van der Waals surface area contributed by atoms with Crippen LogP contribution in [0.15, 0.2) is 133 Å². The van der Waals surface area contributed by atoms with E-state index in [1.165, 1.54) is 12.1 Å². The SMILES string of the molecule is CC(C)(C)[C@H](NC(=O)c1ccc(F)cc1)C(=O)N[C@@H](Cc1ccccc1)CP(Br)(Cc1cc(C(F)(F)F)cc(C(F)(F)F)c1)(c1ccccc1)c1ccccc1. The molecule has 0 aliphatic carbocycles. The molecule has 0 unspecified atom stereocenters. The molecule has 5 aromatic carbocycles. The van der Waals surface area contributed by atoms with Crippen LogP contribution in [0.5, 0.6) is 0 Å². The average Bonchev–Trinajstić information content (AvgIpc) is 3.14. The van der Waals surface area contributed by atoms with E-state index < -0.39 is 63.9 Å². The molecule has 5 aromatic rings. The topological polar surface area (TPSA) is 58.2 Å². The molecule has 13 heteroatoms. The van der Waals surface area contributed by atoms with Crippen LogP contribution in [0.4, 0.5) is 30.7 Å². The van der Waals surface area contributed by atoms with E-state index in [1.807, 2.05) is 30.3 Å². The van der Waals surface area contributed by atoms with Gasteiger partial charge in [0.15, 0.2) is 0 Å². The summed E-state index contributed by atoms with van der Waals surface area (Å²) in [5.41, 5.74) is -2.97. The Kier molecular flexibility index (Phi) is 12.6. The molecule has 5 rings (SSSR count). The van der Waals surface area contributed by atoms with E-state index >= 15 is 0 Å². The van der Waals surface area contributed by atoms with Crippen LogP contribution < -0.4 is 21.2 Å². The summed E-state index contributed by atoms with van der Waals surface area (Å²) in [6, 6.07) is 31.4. The number of carbonyl (C=O) groups is 2. The van der Waals surface area contributed by atoms with Gasteiger partial charge in [-0.15, -0.1) is 0 Å². The third-order valence-corrected chi connectivity index (χ3v) is 18.9. The molecule has 0 radical (unpaired) electrons. The van der Waals surface area contributed by atoms with E-state index in [2.05, 4.69) is 26.1 Å². The van der Waals surface area contributed by atoms with E-state index in [4.69, 9.17) is 0 Å². The second-order valence-corrected chi connectivity index (χ2v) is 24.6. The Hall–Kier alpha value is -4.54. The van der Waals surface area contributed by atoms with Crippen molar-refractivity contribution in [1.82, 2.24) is 10.6 Å². The summed E-state index contributed by atoms with van der Waals surface area (Å²) in [6.07, 6.45) is -10.2. The van der Waals surface area contributed by atoms with Crippen molar-refractivity contribution in [3.05, 3.63) is 167 Å². The van der Waals surface area contributed by atoms with Crippen LogP contribution in [0.1, 0.15) is 53.4 Å². The quantitative estimate of drug-likeness (QED) is 0.0970. The molecule has 296 valence electrons. The molecule has 0 spiro atoms. The molecule has 4 nitrogen and oxygen atoms in total. The Balaban J connectivity index is 1.69. The van der Waals surface area contributed by atoms with Gasteiger partial charge in [-0.05, 0) is 0 Å². The first-order chi connectivity index (χ1) is 26.2. The number of carbonyl (C=O) groups excluding carboxylic acids is 2. The molecule has 0 bridgehead atoms. The van der Waals surface area contributed by atoms with Crippen molar-refractivity contribution >= 4 is 43.2 Å². The molecular formula is C43H41BrF7N2O2P. The Morgan fingerprint density at radius 2 is 1.11 bits per heavy atom. The van der Waals surface area contributed by atoms with E-state index in [9.17, 15) is 40.3 Å². The monoisotopic (exact) mass is 860 g/mol. The van der Waals surface area contributed by atoms with E-state index in [0.717, 1.165) is 29.8 Å². The number of amides is 2. The zero-order chi connectivity index (χ0) is 41.0. The van der Waals surface area contributed by atoms with Crippen LogP contribution in [0.2, 0.25) is 0 Å². The number of hydrogen-bond donors (Lipinski definition) is 2. The van der Waals surface area contributed by atoms with Crippen molar-refractivity contribution in [2.45, 2.75) is 57.8 Å². The molecule has 0 aliphatic rings. The van der Waals surface area contributed by atoms with Gasteiger partial charge in [0.2, 0.25) is 0 Å². The molecule has 0 fully saturated rings. The van der Waals surface area contributed by atoms with E-state index in [1.54, 1.807) is 81.4 Å². The summed E-state index contributed by atoms with van der Waals surface area (Å²) in [7, 11) is 0. The number of hydrogen-bond acceptors (Lipinski definition) is 2. The molecule has 0 aromatic heterocycles. The minimum atomic E-state index is -5.07. The molecule has 2 N–H and O–H groups in total. The maximum absolute atomic E-state index is 14.5. The van der Waals surface area contributed by atoms with E-state index in [-0.39, 0.29) is 35.9 Å². The normalized spacial score (nSPS) is 14.2. The van der Waals surface area contributed by atoms with Crippen molar-refractivity contribution in [2.75, 3.05) is 6.16 Å². The summed E-state index contributed by atoms with van der Waals surface area (Å²) >= 11 is 4.17. The van der Waals surface area contributed by atoms with Crippen molar-refractivity contribution in [1.29, 1.82) is 0 Å². The van der Waals surface area contributed by atoms with Gasteiger partial charge in [-0.25, -0.2) is 0 Å². The maximum atomic E-state index is 14.5. The van der Waals surface area contributed by atoms with Gasteiger partial charge >= 0.3 is 331 Å². The van der Waals surface area contributed by atoms with Crippen LogP contribution in [0.3, 0.4) is 0 Å². The Labute approximate surface area is 329 Å². The molecule has 0 saturated heterocycles. The summed E-state index contributed by atoms with van der Waals surface area (Å²) < 4.78 is 99.0. The van der Waals surface area contributed by atoms with Crippen molar-refractivity contribution in [3.63, 3.8) is 0 Å². The zero-order valence-electron chi connectivity index (χ0n) is 30.8. The minimum absolute atomic E-state index is 0.0423. The second-order valence-electron chi connectivity index (χ2n) is 15.0. The van der Waals surface area contributed by atoms with Crippen LogP contribution in [-0.4, -0.2) is 30.1 Å². The van der Waals surface area contributed by atoms with Gasteiger partial charge in [0, 0.05) is 0 Å². The van der Waals surface area contributed by atoms with Crippen molar-refractivity contribution < 1.29 is 40.3 Å². The molecule has 0 aliphatic heterocycles. The fraction of sp³-hybridized carbons (Fsp3) is 0.256. The number of benzene rings is 5. The van der Waals surface area contributed by atoms with Crippen LogP contribution in [0.25, 0.3) is 0 Å². The average molecular weight is 862 g/mol.